The van der Waals surface area contributed by atoms with Crippen LogP contribution in [0.4, 0.5) is 5.69 Å². The smallest absolute Gasteiger partial charge is 0.185 e. The third-order valence-corrected chi connectivity index (χ3v) is 8.21. The summed E-state index contributed by atoms with van der Waals surface area (Å²) >= 11 is 7.00. The van der Waals surface area contributed by atoms with Crippen LogP contribution >= 0.6 is 11.6 Å². The van der Waals surface area contributed by atoms with Crippen molar-refractivity contribution >= 4 is 17.3 Å². The summed E-state index contributed by atoms with van der Waals surface area (Å²) in [5.74, 6) is 1.43. The summed E-state index contributed by atoms with van der Waals surface area (Å²) < 4.78 is 4.17. The van der Waals surface area contributed by atoms with E-state index in [1.807, 2.05) is 24.3 Å². The molecule has 37 heavy (non-hydrogen) atoms. The van der Waals surface area contributed by atoms with Gasteiger partial charge in [0.15, 0.2) is 5.82 Å². The predicted octanol–water partition coefficient (Wildman–Crippen LogP) is 5.50. The van der Waals surface area contributed by atoms with E-state index >= 15 is 0 Å². The summed E-state index contributed by atoms with van der Waals surface area (Å²) in [6, 6.07) is 19.0. The van der Waals surface area contributed by atoms with Crippen molar-refractivity contribution in [3.05, 3.63) is 71.1 Å². The highest BCUT2D eigenvalue weighted by Crippen LogP contribution is 2.40. The number of nitrogens with zero attached hydrogens (tertiary/aromatic N) is 6. The minimum atomic E-state index is 0.564. The van der Waals surface area contributed by atoms with Gasteiger partial charge in [0.05, 0.1) is 29.6 Å². The minimum Gasteiger partial charge on any atom is -0.371 e. The molecule has 6 rings (SSSR count). The monoisotopic (exact) mass is 511 g/mol. The molecule has 2 aliphatic heterocycles. The Kier molecular flexibility index (Phi) is 6.23. The maximum absolute atomic E-state index is 9.17. The molecule has 0 spiro atoms. The molecule has 0 aliphatic carbocycles. The highest BCUT2D eigenvalue weighted by Gasteiger charge is 2.27. The van der Waals surface area contributed by atoms with Crippen LogP contribution in [0, 0.1) is 17.2 Å². The molecule has 0 bridgehead atoms. The van der Waals surface area contributed by atoms with Crippen LogP contribution in [0.5, 0.6) is 0 Å². The lowest BCUT2D eigenvalue weighted by atomic mass is 10.1. The molecule has 4 heterocycles. The van der Waals surface area contributed by atoms with E-state index in [1.165, 1.54) is 17.7 Å². The molecule has 0 amide bonds. The molecule has 1 fully saturated rings. The lowest BCUT2D eigenvalue weighted by Crippen LogP contribution is -2.32. The summed E-state index contributed by atoms with van der Waals surface area (Å²) in [5.41, 5.74) is 6.96. The molecule has 7 nitrogen and oxygen atoms in total. The molecule has 1 N–H and O–H groups in total. The van der Waals surface area contributed by atoms with Gasteiger partial charge in [-0.3, -0.25) is 4.57 Å². The number of benzene rings is 2. The Hall–Kier alpha value is -3.60. The van der Waals surface area contributed by atoms with Crippen molar-refractivity contribution in [1.29, 1.82) is 5.26 Å². The van der Waals surface area contributed by atoms with Crippen LogP contribution in [-0.4, -0.2) is 45.0 Å². The average molecular weight is 512 g/mol. The van der Waals surface area contributed by atoms with Crippen molar-refractivity contribution in [1.82, 2.24) is 24.6 Å². The van der Waals surface area contributed by atoms with E-state index < -0.39 is 0 Å². The van der Waals surface area contributed by atoms with Crippen molar-refractivity contribution < 1.29 is 0 Å². The van der Waals surface area contributed by atoms with E-state index in [2.05, 4.69) is 73.7 Å². The number of fused-ring (bicyclic) bond motifs is 5. The Morgan fingerprint density at radius 3 is 2.81 bits per heavy atom. The summed E-state index contributed by atoms with van der Waals surface area (Å²) in [6.07, 6.45) is 4.14. The number of hydrogen-bond donors (Lipinski definition) is 1. The summed E-state index contributed by atoms with van der Waals surface area (Å²) in [6.45, 7) is 8.34. The van der Waals surface area contributed by atoms with E-state index in [4.69, 9.17) is 16.9 Å². The van der Waals surface area contributed by atoms with Crippen molar-refractivity contribution in [2.24, 2.45) is 5.92 Å². The molecule has 188 valence electrons. The van der Waals surface area contributed by atoms with Gasteiger partial charge in [0.2, 0.25) is 0 Å². The Balaban J connectivity index is 1.33. The van der Waals surface area contributed by atoms with Gasteiger partial charge in [-0.25, -0.2) is 0 Å². The fraction of sp³-hybridized carbons (Fsp3) is 0.345. The van der Waals surface area contributed by atoms with Crippen LogP contribution < -0.4 is 10.2 Å². The zero-order valence-electron chi connectivity index (χ0n) is 21.2. The molecular weight excluding hydrogens is 482 g/mol. The Labute approximate surface area is 222 Å². The molecule has 4 aromatic rings. The van der Waals surface area contributed by atoms with Crippen molar-refractivity contribution in [2.45, 2.75) is 39.3 Å². The molecule has 2 aliphatic rings. The summed E-state index contributed by atoms with van der Waals surface area (Å²) in [4.78, 5) is 2.50. The number of halogens is 1. The van der Waals surface area contributed by atoms with Crippen LogP contribution in [0.1, 0.15) is 37.8 Å². The van der Waals surface area contributed by atoms with E-state index in [-0.39, 0.29) is 0 Å². The fourth-order valence-corrected chi connectivity index (χ4v) is 5.74. The Morgan fingerprint density at radius 1 is 1.19 bits per heavy atom. The normalized spacial score (nSPS) is 17.0. The van der Waals surface area contributed by atoms with Gasteiger partial charge in [0, 0.05) is 30.4 Å². The van der Waals surface area contributed by atoms with Gasteiger partial charge in [0.1, 0.15) is 11.5 Å². The van der Waals surface area contributed by atoms with Gasteiger partial charge >= 0.3 is 0 Å². The van der Waals surface area contributed by atoms with Gasteiger partial charge in [0.25, 0.3) is 0 Å². The molecule has 1 saturated heterocycles. The first-order chi connectivity index (χ1) is 18.1. The van der Waals surface area contributed by atoms with Gasteiger partial charge in [-0.2, -0.15) is 5.26 Å². The van der Waals surface area contributed by atoms with E-state index in [9.17, 15) is 0 Å². The second-order valence-corrected chi connectivity index (χ2v) is 10.5. The third kappa shape index (κ3) is 4.30. The Bertz CT molecular complexity index is 1480. The second-order valence-electron chi connectivity index (χ2n) is 10.2. The second kappa shape index (κ2) is 9.70. The quantitative estimate of drug-likeness (QED) is 0.325. The zero-order valence-corrected chi connectivity index (χ0v) is 21.9. The highest BCUT2D eigenvalue weighted by atomic mass is 35.5. The number of aromatic nitrogens is 4. The number of rotatable bonds is 6. The molecule has 0 unspecified atom stereocenters. The predicted molar refractivity (Wildman–Crippen MR) is 147 cm³/mol. The number of anilines is 1. The lowest BCUT2D eigenvalue weighted by molar-refractivity contribution is 0.456. The van der Waals surface area contributed by atoms with Crippen molar-refractivity contribution in [3.8, 4) is 34.4 Å². The molecule has 8 heteroatoms. The van der Waals surface area contributed by atoms with Crippen molar-refractivity contribution in [3.63, 3.8) is 0 Å². The lowest BCUT2D eigenvalue weighted by Gasteiger charge is -2.22. The first-order valence-corrected chi connectivity index (χ1v) is 13.3. The van der Waals surface area contributed by atoms with E-state index in [0.29, 0.717) is 29.2 Å². The first kappa shape index (κ1) is 23.8. The number of nitriles is 1. The summed E-state index contributed by atoms with van der Waals surface area (Å²) in [7, 11) is 0. The molecule has 2 atom stereocenters. The summed E-state index contributed by atoms with van der Waals surface area (Å²) in [5, 5.41) is 22.2. The first-order valence-electron chi connectivity index (χ1n) is 13.0. The molecule has 2 aromatic carbocycles. The van der Waals surface area contributed by atoms with Crippen LogP contribution in [0.3, 0.4) is 0 Å². The average Bonchev–Trinajstić information content (AvgIpc) is 3.66. The highest BCUT2D eigenvalue weighted by molar-refractivity contribution is 6.32. The molecule has 0 saturated carbocycles. The fourth-order valence-electron chi connectivity index (χ4n) is 5.42. The van der Waals surface area contributed by atoms with Gasteiger partial charge < -0.3 is 14.8 Å². The molecular formula is C29H30ClN7. The van der Waals surface area contributed by atoms with E-state index in [1.54, 1.807) is 6.33 Å². The maximum atomic E-state index is 9.17. The topological polar surface area (TPSA) is 74.7 Å². The van der Waals surface area contributed by atoms with Crippen LogP contribution in [0.2, 0.25) is 5.15 Å². The molecule has 0 radical (unpaired) electrons. The van der Waals surface area contributed by atoms with Crippen LogP contribution in [0.25, 0.3) is 28.3 Å². The number of nitrogens with one attached hydrogen (secondary N) is 1. The largest absolute Gasteiger partial charge is 0.371 e. The van der Waals surface area contributed by atoms with Crippen LogP contribution in [0.15, 0.2) is 54.9 Å². The van der Waals surface area contributed by atoms with E-state index in [0.717, 1.165) is 54.4 Å². The standard InChI is InChI=1S/C29H30ClN7/c1-3-19(2)32-15-21-10-11-35(16-21)24-8-9-26-23(12-24)17-36-27(29-34-33-18-37(26)29)13-25(28(36)30)22-6-4-20(14-31)5-7-22/h4-9,12-13,18-19,21,32H,3,10-11,15-17H2,1-2H3/t19-,21-/m1/s1. The van der Waals surface area contributed by atoms with Gasteiger partial charge in [-0.05, 0) is 79.8 Å². The Morgan fingerprint density at radius 2 is 2.03 bits per heavy atom. The minimum absolute atomic E-state index is 0.564. The molecule has 2 aromatic heterocycles. The van der Waals surface area contributed by atoms with Gasteiger partial charge in [-0.1, -0.05) is 30.7 Å². The number of hydrogen-bond acceptors (Lipinski definition) is 5. The third-order valence-electron chi connectivity index (χ3n) is 7.80. The van der Waals surface area contributed by atoms with Gasteiger partial charge in [-0.15, -0.1) is 10.2 Å². The maximum Gasteiger partial charge on any atom is 0.185 e. The zero-order chi connectivity index (χ0) is 25.5. The van der Waals surface area contributed by atoms with Crippen LogP contribution in [-0.2, 0) is 6.54 Å². The van der Waals surface area contributed by atoms with Crippen molar-refractivity contribution in [2.75, 3.05) is 24.5 Å². The SMILES string of the molecule is CC[C@@H](C)NC[C@H]1CCN(c2ccc3c(c2)Cn2c(cc(-c4ccc(C#N)cc4)c2Cl)-c2nncn2-3)C1.